The average Bonchev–Trinajstić information content (AvgIpc) is 2.22. The Morgan fingerprint density at radius 1 is 1.50 bits per heavy atom. The normalized spacial score (nSPS) is 17.1. The number of fused-ring (bicyclic) bond motifs is 1. The number of hydrogen-bond donors (Lipinski definition) is 2. The molecule has 1 atom stereocenters. The number of β-amino-alcohol motifs (C(OH)–C–C–N with tert-alkyl or cyclic N) is 1. The van der Waals surface area contributed by atoms with Crippen LogP contribution < -0.4 is 10.6 Å². The largest absolute Gasteiger partial charge is 0.399 e. The first-order valence-corrected chi connectivity index (χ1v) is 5.45. The van der Waals surface area contributed by atoms with E-state index in [4.69, 9.17) is 5.73 Å². The fourth-order valence-electron chi connectivity index (χ4n) is 2.04. The van der Waals surface area contributed by atoms with Crippen molar-refractivity contribution >= 4 is 17.3 Å². The van der Waals surface area contributed by atoms with Gasteiger partial charge in [-0.15, -0.1) is 0 Å². The van der Waals surface area contributed by atoms with Crippen LogP contribution in [0.15, 0.2) is 18.2 Å². The molecule has 1 aromatic rings. The number of nitrogens with zero attached hydrogens (tertiary/aromatic N) is 1. The fraction of sp³-hybridized carbons (Fsp3) is 0.417. The maximum Gasteiger partial charge on any atom is 0.227 e. The zero-order valence-electron chi connectivity index (χ0n) is 9.31. The highest BCUT2D eigenvalue weighted by molar-refractivity contribution is 5.96. The monoisotopic (exact) mass is 220 g/mol. The van der Waals surface area contributed by atoms with Crippen LogP contribution in [0.5, 0.6) is 0 Å². The Hall–Kier alpha value is -1.55. The summed E-state index contributed by atoms with van der Waals surface area (Å²) in [6.45, 7) is 2.02. The predicted octanol–water partition coefficient (Wildman–Crippen LogP) is 0.929. The minimum atomic E-state index is -0.521. The molecule has 2 rings (SSSR count). The average molecular weight is 220 g/mol. The van der Waals surface area contributed by atoms with Gasteiger partial charge in [0.2, 0.25) is 5.91 Å². The van der Waals surface area contributed by atoms with E-state index in [2.05, 4.69) is 0 Å². The second-order valence-corrected chi connectivity index (χ2v) is 4.24. The first kappa shape index (κ1) is 11.0. The molecule has 1 unspecified atom stereocenters. The zero-order valence-corrected chi connectivity index (χ0v) is 9.31. The minimum Gasteiger partial charge on any atom is -0.399 e. The van der Waals surface area contributed by atoms with Crippen LogP contribution >= 0.6 is 0 Å². The van der Waals surface area contributed by atoms with Gasteiger partial charge in [0.25, 0.3) is 0 Å². The number of rotatable bonds is 2. The van der Waals surface area contributed by atoms with Crippen molar-refractivity contribution in [2.75, 3.05) is 17.2 Å². The number of aliphatic hydroxyl groups is 1. The lowest BCUT2D eigenvalue weighted by molar-refractivity contribution is -0.119. The van der Waals surface area contributed by atoms with E-state index < -0.39 is 6.10 Å². The van der Waals surface area contributed by atoms with Gasteiger partial charge in [-0.2, -0.15) is 0 Å². The lowest BCUT2D eigenvalue weighted by atomic mass is 10.00. The Bertz CT molecular complexity index is 415. The van der Waals surface area contributed by atoms with Gasteiger partial charge in [0.05, 0.1) is 12.6 Å². The lowest BCUT2D eigenvalue weighted by Crippen LogP contribution is -2.39. The molecule has 1 aliphatic heterocycles. The Morgan fingerprint density at radius 3 is 2.94 bits per heavy atom. The maximum atomic E-state index is 11.8. The summed E-state index contributed by atoms with van der Waals surface area (Å²) in [6.07, 6.45) is 0.700. The zero-order chi connectivity index (χ0) is 11.7. The molecule has 0 fully saturated rings. The number of aryl methyl sites for hydroxylation is 1. The summed E-state index contributed by atoms with van der Waals surface area (Å²) in [5.41, 5.74) is 8.39. The van der Waals surface area contributed by atoms with Crippen LogP contribution in [0, 0.1) is 0 Å². The number of carbonyl (C=O) groups is 1. The number of amides is 1. The molecule has 3 N–H and O–H groups in total. The van der Waals surface area contributed by atoms with Crippen molar-refractivity contribution in [2.24, 2.45) is 0 Å². The Kier molecular flexibility index (Phi) is 2.83. The molecule has 4 heteroatoms. The van der Waals surface area contributed by atoms with Gasteiger partial charge in [-0.25, -0.2) is 0 Å². The summed E-state index contributed by atoms with van der Waals surface area (Å²) < 4.78 is 0. The van der Waals surface area contributed by atoms with Crippen LogP contribution in [0.25, 0.3) is 0 Å². The maximum absolute atomic E-state index is 11.8. The molecule has 0 spiro atoms. The smallest absolute Gasteiger partial charge is 0.227 e. The van der Waals surface area contributed by atoms with Crippen LogP contribution in [0.2, 0.25) is 0 Å². The Balaban J connectivity index is 2.36. The Labute approximate surface area is 94.7 Å². The summed E-state index contributed by atoms with van der Waals surface area (Å²) in [5, 5.41) is 9.38. The molecule has 1 aromatic carbocycles. The molecule has 1 heterocycles. The van der Waals surface area contributed by atoms with Crippen molar-refractivity contribution in [3.8, 4) is 0 Å². The molecule has 16 heavy (non-hydrogen) atoms. The van der Waals surface area contributed by atoms with E-state index in [9.17, 15) is 9.90 Å². The number of nitrogen functional groups attached to an aromatic ring is 1. The lowest BCUT2D eigenvalue weighted by Gasteiger charge is -2.30. The van der Waals surface area contributed by atoms with Crippen molar-refractivity contribution in [3.63, 3.8) is 0 Å². The van der Waals surface area contributed by atoms with Crippen LogP contribution in [0.4, 0.5) is 11.4 Å². The van der Waals surface area contributed by atoms with E-state index in [0.717, 1.165) is 17.7 Å². The molecule has 0 aromatic heterocycles. The molecule has 1 amide bonds. The van der Waals surface area contributed by atoms with E-state index in [1.807, 2.05) is 12.1 Å². The van der Waals surface area contributed by atoms with Gasteiger partial charge in [-0.1, -0.05) is 0 Å². The molecule has 0 saturated carbocycles. The van der Waals surface area contributed by atoms with Gasteiger partial charge in [0.1, 0.15) is 0 Å². The first-order chi connectivity index (χ1) is 7.58. The second-order valence-electron chi connectivity index (χ2n) is 4.24. The number of anilines is 2. The molecular weight excluding hydrogens is 204 g/mol. The van der Waals surface area contributed by atoms with E-state index in [1.54, 1.807) is 17.9 Å². The molecule has 86 valence electrons. The number of benzene rings is 1. The quantitative estimate of drug-likeness (QED) is 0.729. The summed E-state index contributed by atoms with van der Waals surface area (Å²) in [6, 6.07) is 5.54. The molecule has 0 radical (unpaired) electrons. The van der Waals surface area contributed by atoms with Crippen LogP contribution in [-0.4, -0.2) is 23.7 Å². The molecular formula is C12H16N2O2. The minimum absolute atomic E-state index is 0.0678. The fourth-order valence-corrected chi connectivity index (χ4v) is 2.04. The van der Waals surface area contributed by atoms with Crippen molar-refractivity contribution in [1.82, 2.24) is 0 Å². The molecule has 0 bridgehead atoms. The summed E-state index contributed by atoms with van der Waals surface area (Å²) in [4.78, 5) is 13.4. The topological polar surface area (TPSA) is 66.6 Å². The second kappa shape index (κ2) is 4.14. The standard InChI is InChI=1S/C12H16N2O2/c1-8(15)7-14-11-4-3-10(13)6-9(11)2-5-12(14)16/h3-4,6,8,15H,2,5,7,13H2,1H3. The van der Waals surface area contributed by atoms with E-state index in [0.29, 0.717) is 18.7 Å². The van der Waals surface area contributed by atoms with E-state index in [-0.39, 0.29) is 5.91 Å². The summed E-state index contributed by atoms with van der Waals surface area (Å²) in [5.74, 6) is 0.0678. The van der Waals surface area contributed by atoms with Crippen LogP contribution in [0.1, 0.15) is 18.9 Å². The van der Waals surface area contributed by atoms with Gasteiger partial charge >= 0.3 is 0 Å². The summed E-state index contributed by atoms with van der Waals surface area (Å²) in [7, 11) is 0. The SMILES string of the molecule is CC(O)CN1C(=O)CCc2cc(N)ccc21. The summed E-state index contributed by atoms with van der Waals surface area (Å²) >= 11 is 0. The number of hydrogen-bond acceptors (Lipinski definition) is 3. The Morgan fingerprint density at radius 2 is 2.25 bits per heavy atom. The van der Waals surface area contributed by atoms with Gasteiger partial charge in [0, 0.05) is 17.8 Å². The van der Waals surface area contributed by atoms with Crippen molar-refractivity contribution in [3.05, 3.63) is 23.8 Å². The highest BCUT2D eigenvalue weighted by Gasteiger charge is 2.24. The molecule has 1 aliphatic rings. The highest BCUT2D eigenvalue weighted by atomic mass is 16.3. The van der Waals surface area contributed by atoms with Crippen molar-refractivity contribution in [2.45, 2.75) is 25.9 Å². The highest BCUT2D eigenvalue weighted by Crippen LogP contribution is 2.29. The van der Waals surface area contributed by atoms with Crippen molar-refractivity contribution < 1.29 is 9.90 Å². The number of carbonyl (C=O) groups excluding carboxylic acids is 1. The molecule has 0 saturated heterocycles. The number of aliphatic hydroxyl groups excluding tert-OH is 1. The van der Waals surface area contributed by atoms with Crippen molar-refractivity contribution in [1.29, 1.82) is 0 Å². The third-order valence-electron chi connectivity index (χ3n) is 2.75. The third-order valence-corrected chi connectivity index (χ3v) is 2.75. The van der Waals surface area contributed by atoms with E-state index >= 15 is 0 Å². The van der Waals surface area contributed by atoms with Crippen LogP contribution in [-0.2, 0) is 11.2 Å². The van der Waals surface area contributed by atoms with Crippen LogP contribution in [0.3, 0.4) is 0 Å². The number of nitrogens with two attached hydrogens (primary N) is 1. The van der Waals surface area contributed by atoms with Gasteiger partial charge in [0.15, 0.2) is 0 Å². The first-order valence-electron chi connectivity index (χ1n) is 5.45. The van der Waals surface area contributed by atoms with Gasteiger partial charge in [-0.05, 0) is 37.1 Å². The predicted molar refractivity (Wildman–Crippen MR) is 63.2 cm³/mol. The third kappa shape index (κ3) is 2.02. The van der Waals surface area contributed by atoms with Gasteiger partial charge < -0.3 is 15.7 Å². The van der Waals surface area contributed by atoms with Gasteiger partial charge in [-0.3, -0.25) is 4.79 Å². The molecule has 4 nitrogen and oxygen atoms in total. The molecule has 0 aliphatic carbocycles. The van der Waals surface area contributed by atoms with E-state index in [1.165, 1.54) is 0 Å².